The molecule has 0 amide bonds. The Bertz CT molecular complexity index is 275. The summed E-state index contributed by atoms with van der Waals surface area (Å²) in [5.74, 6) is 0. The van der Waals surface area contributed by atoms with E-state index >= 15 is 0 Å². The Labute approximate surface area is 68.7 Å². The molecule has 0 aromatic rings. The summed E-state index contributed by atoms with van der Waals surface area (Å²) in [6.45, 7) is 0.0411. The van der Waals surface area contributed by atoms with Gasteiger partial charge in [0.15, 0.2) is 0 Å². The molecule has 2 N–H and O–H groups in total. The standard InChI is InChI=1S/C3H7NO6P2/c1-11(5,6)10-12(7,8)9-3-2-4/h3H2,1H3,(H,5,6)(H,7,8). The molecule has 0 aromatic carbocycles. The molecule has 0 radical (unpaired) electrons. The minimum Gasteiger partial charge on any atom is -0.324 e. The SMILES string of the molecule is CP(=O)(O)OP(=O)(O)OCC#N. The second-order valence-corrected chi connectivity index (χ2v) is 5.24. The van der Waals surface area contributed by atoms with Crippen LogP contribution >= 0.6 is 15.4 Å². The van der Waals surface area contributed by atoms with Gasteiger partial charge in [-0.1, -0.05) is 0 Å². The molecule has 0 fully saturated rings. The van der Waals surface area contributed by atoms with Crippen LogP contribution in [0.5, 0.6) is 0 Å². The van der Waals surface area contributed by atoms with Crippen LogP contribution < -0.4 is 0 Å². The topological polar surface area (TPSA) is 117 Å². The quantitative estimate of drug-likeness (QED) is 0.654. The van der Waals surface area contributed by atoms with E-state index in [9.17, 15) is 9.13 Å². The van der Waals surface area contributed by atoms with Crippen LogP contribution in [0, 0.1) is 11.3 Å². The molecule has 0 saturated heterocycles. The number of phosphoric ester groups is 1. The van der Waals surface area contributed by atoms with E-state index < -0.39 is 22.0 Å². The number of nitriles is 1. The lowest BCUT2D eigenvalue weighted by atomic mass is 10.9. The molecule has 0 aliphatic rings. The van der Waals surface area contributed by atoms with Gasteiger partial charge in [-0.3, -0.25) is 9.09 Å². The van der Waals surface area contributed by atoms with Crippen molar-refractivity contribution in [2.45, 2.75) is 0 Å². The molecule has 0 heterocycles. The number of hydrogen-bond donors (Lipinski definition) is 2. The van der Waals surface area contributed by atoms with E-state index in [4.69, 9.17) is 15.0 Å². The van der Waals surface area contributed by atoms with E-state index in [0.29, 0.717) is 0 Å². The third-order valence-corrected chi connectivity index (χ3v) is 3.04. The molecule has 70 valence electrons. The fourth-order valence-electron chi connectivity index (χ4n) is 0.325. The first kappa shape index (κ1) is 11.8. The van der Waals surface area contributed by atoms with Crippen LogP contribution in [0.25, 0.3) is 0 Å². The van der Waals surface area contributed by atoms with E-state index in [1.165, 1.54) is 6.07 Å². The van der Waals surface area contributed by atoms with Gasteiger partial charge in [0.05, 0.1) is 6.07 Å². The Morgan fingerprint density at radius 1 is 1.50 bits per heavy atom. The average Bonchev–Trinajstić information content (AvgIpc) is 1.78. The first-order chi connectivity index (χ1) is 5.27. The maximum atomic E-state index is 10.6. The Morgan fingerprint density at radius 3 is 2.33 bits per heavy atom. The van der Waals surface area contributed by atoms with Crippen molar-refractivity contribution in [3.05, 3.63) is 0 Å². The van der Waals surface area contributed by atoms with Crippen LogP contribution in [-0.2, 0) is 18.0 Å². The van der Waals surface area contributed by atoms with Crippen LogP contribution in [0.2, 0.25) is 0 Å². The van der Waals surface area contributed by atoms with Crippen molar-refractivity contribution in [1.29, 1.82) is 5.26 Å². The van der Waals surface area contributed by atoms with Crippen LogP contribution in [-0.4, -0.2) is 23.1 Å². The highest BCUT2D eigenvalue weighted by Crippen LogP contribution is 2.57. The van der Waals surface area contributed by atoms with Crippen molar-refractivity contribution in [2.75, 3.05) is 13.3 Å². The number of nitrogens with zero attached hydrogens (tertiary/aromatic N) is 1. The summed E-state index contributed by atoms with van der Waals surface area (Å²) in [4.78, 5) is 17.1. The summed E-state index contributed by atoms with van der Waals surface area (Å²) < 4.78 is 28.8. The predicted octanol–water partition coefficient (Wildman–Crippen LogP) is 0.459. The largest absolute Gasteiger partial charge is 0.480 e. The van der Waals surface area contributed by atoms with Crippen molar-refractivity contribution in [2.24, 2.45) is 0 Å². The van der Waals surface area contributed by atoms with Crippen LogP contribution in [0.1, 0.15) is 0 Å². The molecule has 0 aliphatic heterocycles. The number of hydrogen-bond acceptors (Lipinski definition) is 5. The fourth-order valence-corrected chi connectivity index (χ4v) is 2.27. The van der Waals surface area contributed by atoms with Gasteiger partial charge in [0.25, 0.3) is 0 Å². The van der Waals surface area contributed by atoms with Gasteiger partial charge in [-0.05, 0) is 0 Å². The lowest BCUT2D eigenvalue weighted by Gasteiger charge is -2.10. The van der Waals surface area contributed by atoms with Crippen LogP contribution in [0.15, 0.2) is 0 Å². The van der Waals surface area contributed by atoms with E-state index in [-0.39, 0.29) is 0 Å². The molecule has 12 heavy (non-hydrogen) atoms. The molecular formula is C3H7NO6P2. The number of phosphoric acid groups is 1. The van der Waals surface area contributed by atoms with Gasteiger partial charge in [0.1, 0.15) is 6.61 Å². The highest BCUT2D eigenvalue weighted by molar-refractivity contribution is 7.63. The minimum atomic E-state index is -4.57. The Hall–Kier alpha value is -0.210. The van der Waals surface area contributed by atoms with Crippen LogP contribution in [0.4, 0.5) is 0 Å². The lowest BCUT2D eigenvalue weighted by molar-refractivity contribution is 0.216. The van der Waals surface area contributed by atoms with Gasteiger partial charge in [0, 0.05) is 6.66 Å². The minimum absolute atomic E-state index is 0.687. The molecule has 0 rings (SSSR count). The van der Waals surface area contributed by atoms with E-state index in [0.717, 1.165) is 6.66 Å². The summed E-state index contributed by atoms with van der Waals surface area (Å²) >= 11 is 0. The predicted molar refractivity (Wildman–Crippen MR) is 38.2 cm³/mol. The molecule has 2 unspecified atom stereocenters. The molecule has 0 aromatic heterocycles. The second kappa shape index (κ2) is 4.15. The number of rotatable bonds is 4. The summed E-state index contributed by atoms with van der Waals surface area (Å²) in [5.41, 5.74) is 0. The van der Waals surface area contributed by atoms with E-state index in [1.807, 2.05) is 0 Å². The summed E-state index contributed by atoms with van der Waals surface area (Å²) in [6.07, 6.45) is 0. The van der Waals surface area contributed by atoms with Crippen LogP contribution in [0.3, 0.4) is 0 Å². The molecule has 0 saturated carbocycles. The second-order valence-electron chi connectivity index (χ2n) is 1.78. The zero-order valence-electron chi connectivity index (χ0n) is 6.08. The third kappa shape index (κ3) is 6.50. The van der Waals surface area contributed by atoms with Gasteiger partial charge in [-0.25, -0.2) is 8.88 Å². The van der Waals surface area contributed by atoms with Crippen molar-refractivity contribution in [3.63, 3.8) is 0 Å². The monoisotopic (exact) mass is 215 g/mol. The molecule has 9 heteroatoms. The Morgan fingerprint density at radius 2 is 2.00 bits per heavy atom. The van der Waals surface area contributed by atoms with E-state index in [1.54, 1.807) is 0 Å². The maximum absolute atomic E-state index is 10.6. The summed E-state index contributed by atoms with van der Waals surface area (Å²) in [5, 5.41) is 7.93. The van der Waals surface area contributed by atoms with Gasteiger partial charge in [0.2, 0.25) is 0 Å². The molecule has 0 bridgehead atoms. The summed E-state index contributed by atoms with van der Waals surface area (Å²) in [7, 11) is -8.64. The average molecular weight is 215 g/mol. The molecule has 0 aliphatic carbocycles. The smallest absolute Gasteiger partial charge is 0.324 e. The van der Waals surface area contributed by atoms with Gasteiger partial charge < -0.3 is 9.79 Å². The van der Waals surface area contributed by atoms with Crippen molar-refractivity contribution >= 4 is 15.4 Å². The van der Waals surface area contributed by atoms with Crippen molar-refractivity contribution < 1.29 is 27.8 Å². The normalized spacial score (nSPS) is 20.5. The first-order valence-corrected chi connectivity index (χ1v) is 6.15. The van der Waals surface area contributed by atoms with E-state index in [2.05, 4.69) is 8.83 Å². The lowest BCUT2D eigenvalue weighted by Crippen LogP contribution is -1.93. The summed E-state index contributed by atoms with van der Waals surface area (Å²) in [6, 6.07) is 1.40. The van der Waals surface area contributed by atoms with Gasteiger partial charge in [-0.2, -0.15) is 5.26 Å². The van der Waals surface area contributed by atoms with Gasteiger partial charge in [-0.15, -0.1) is 0 Å². The zero-order valence-corrected chi connectivity index (χ0v) is 7.87. The van der Waals surface area contributed by atoms with Crippen molar-refractivity contribution in [3.8, 4) is 6.07 Å². The molecule has 7 nitrogen and oxygen atoms in total. The third-order valence-electron chi connectivity index (χ3n) is 0.547. The van der Waals surface area contributed by atoms with Gasteiger partial charge >= 0.3 is 15.4 Å². The van der Waals surface area contributed by atoms with Crippen molar-refractivity contribution in [1.82, 2.24) is 0 Å². The highest BCUT2D eigenvalue weighted by Gasteiger charge is 2.29. The molecular weight excluding hydrogens is 208 g/mol. The Kier molecular flexibility index (Phi) is 4.08. The molecule has 0 spiro atoms. The maximum Gasteiger partial charge on any atom is 0.480 e. The Balaban J connectivity index is 4.17. The first-order valence-electron chi connectivity index (χ1n) is 2.63. The highest BCUT2D eigenvalue weighted by atomic mass is 31.3. The fraction of sp³-hybridized carbons (Fsp3) is 0.667. The zero-order chi connectivity index (χ0) is 9.83. The molecule has 2 atom stereocenters.